The summed E-state index contributed by atoms with van der Waals surface area (Å²) >= 11 is 0. The number of esters is 1. The van der Waals surface area contributed by atoms with E-state index in [-0.39, 0.29) is 33.4 Å². The topological polar surface area (TPSA) is 244 Å². The Bertz CT molecular complexity index is 1950. The van der Waals surface area contributed by atoms with Crippen molar-refractivity contribution in [3.63, 3.8) is 0 Å². The van der Waals surface area contributed by atoms with E-state index in [2.05, 4.69) is 5.32 Å². The molecule has 5 rings (SSSR count). The van der Waals surface area contributed by atoms with Gasteiger partial charge in [-0.3, -0.25) is 24.5 Å². The Balaban J connectivity index is 1.96. The van der Waals surface area contributed by atoms with Crippen LogP contribution < -0.4 is 10.1 Å². The molecule has 1 amide bonds. The molecule has 16 nitrogen and oxygen atoms in total. The van der Waals surface area contributed by atoms with E-state index in [0.29, 0.717) is 0 Å². The Hall–Kier alpha value is -5.19. The lowest BCUT2D eigenvalue weighted by Crippen LogP contribution is -2.46. The number of carbonyl (C=O) groups excluding carboxylic acids is 3. The SMILES string of the molecule is CO[C@H]1C=CO[C@@]2(C)Oc3c(C)c(O)c4c(O)c(c(CC[N+](=O)[O-])c(O)c4c3C2=O)NC(=O)C(C)=CC=C[C@H](C)[C@H](O)[C@@H](C)[C@@H](O)[C@@H](C)[C@H](OC(C)=O)[C@@H]1C. The lowest BCUT2D eigenvalue weighted by Gasteiger charge is -2.38. The number of hydrogen-bond acceptors (Lipinski definition) is 14. The van der Waals surface area contributed by atoms with Crippen LogP contribution in [0.2, 0.25) is 0 Å². The van der Waals surface area contributed by atoms with Gasteiger partial charge in [0, 0.05) is 78.1 Å². The molecule has 2 aromatic rings. The second-order valence-electron chi connectivity index (χ2n) is 14.5. The average molecular weight is 771 g/mol. The number of ketones is 1. The van der Waals surface area contributed by atoms with Crippen molar-refractivity contribution in [2.24, 2.45) is 23.7 Å². The number of nitrogens with one attached hydrogen (secondary N) is 1. The van der Waals surface area contributed by atoms with Crippen molar-refractivity contribution in [3.8, 4) is 23.0 Å². The normalized spacial score (nSPS) is 29.1. The van der Waals surface area contributed by atoms with Gasteiger partial charge in [-0.1, -0.05) is 45.9 Å². The summed E-state index contributed by atoms with van der Waals surface area (Å²) in [7, 11) is 1.40. The molecule has 55 heavy (non-hydrogen) atoms. The highest BCUT2D eigenvalue weighted by molar-refractivity contribution is 6.22. The first-order valence-electron chi connectivity index (χ1n) is 17.9. The third-order valence-electron chi connectivity index (χ3n) is 10.6. The zero-order chi connectivity index (χ0) is 41.3. The Labute approximate surface area is 318 Å². The number of methoxy groups -OCH3 is 1. The summed E-state index contributed by atoms with van der Waals surface area (Å²) < 4.78 is 23.2. The molecule has 0 saturated carbocycles. The average Bonchev–Trinajstić information content (AvgIpc) is 3.39. The molecule has 0 radical (unpaired) electrons. The quantitative estimate of drug-likeness (QED) is 0.0802. The number of aliphatic hydroxyl groups is 2. The van der Waals surface area contributed by atoms with Crippen molar-refractivity contribution in [1.29, 1.82) is 0 Å². The molecule has 0 saturated heterocycles. The van der Waals surface area contributed by atoms with E-state index in [9.17, 15) is 50.0 Å². The number of carbonyl (C=O) groups is 3. The number of anilines is 1. The molecule has 0 aliphatic carbocycles. The molecule has 16 heteroatoms. The highest BCUT2D eigenvalue weighted by Gasteiger charge is 2.50. The van der Waals surface area contributed by atoms with E-state index >= 15 is 0 Å². The van der Waals surface area contributed by atoms with Gasteiger partial charge in [-0.05, 0) is 19.9 Å². The highest BCUT2D eigenvalue weighted by atomic mass is 16.7. The molecule has 2 aromatic carbocycles. The number of ether oxygens (including phenoxy) is 4. The number of allylic oxidation sites excluding steroid dienone is 2. The maximum atomic E-state index is 14.2. The van der Waals surface area contributed by atoms with Crippen LogP contribution in [-0.4, -0.2) is 92.0 Å². The first kappa shape index (κ1) is 42.6. The van der Waals surface area contributed by atoms with E-state index in [1.807, 2.05) is 0 Å². The second-order valence-corrected chi connectivity index (χ2v) is 14.5. The Kier molecular flexibility index (Phi) is 12.9. The number of rotatable bonds is 5. The summed E-state index contributed by atoms with van der Waals surface area (Å²) in [5.41, 5.74) is -0.922. The van der Waals surface area contributed by atoms with E-state index in [1.54, 1.807) is 33.8 Å². The minimum Gasteiger partial charge on any atom is -0.507 e. The Morgan fingerprint density at radius 2 is 1.64 bits per heavy atom. The number of aliphatic hydroxyl groups excluding tert-OH is 2. The van der Waals surface area contributed by atoms with Crippen molar-refractivity contribution >= 4 is 34.1 Å². The number of fused-ring (bicyclic) bond motifs is 14. The number of phenolic OH excluding ortho intramolecular Hbond substituents is 3. The van der Waals surface area contributed by atoms with E-state index in [0.717, 1.165) is 6.26 Å². The standard InChI is InChI=1S/C39H50N2O14/c1-17-11-10-12-18(2)38(49)40-29-24(13-15-41(50)51)33(46)26-27(34(29)47)32(45)22(6)36-28(26)37(48)39(8,55-36)53-16-14-25(52-9)19(3)35(54-23(7)42)21(5)31(44)20(4)30(17)43/h10-12,14,16-17,19-21,25,30-31,35,43-47H,13,15H2,1-9H3,(H,40,49)/t17-,19+,20+,21+,25-,30-,31+,35+,39-/m0/s1. The maximum absolute atomic E-state index is 14.2. The van der Waals surface area contributed by atoms with Gasteiger partial charge >= 0.3 is 11.8 Å². The monoisotopic (exact) mass is 770 g/mol. The lowest BCUT2D eigenvalue weighted by molar-refractivity contribution is -0.479. The molecule has 5 bridgehead atoms. The number of hydrogen-bond donors (Lipinski definition) is 6. The number of nitrogens with zero attached hydrogens (tertiary/aromatic N) is 1. The van der Waals surface area contributed by atoms with Crippen molar-refractivity contribution in [1.82, 2.24) is 0 Å². The number of aromatic hydroxyl groups is 3. The van der Waals surface area contributed by atoms with Crippen LogP contribution in [0, 0.1) is 40.7 Å². The van der Waals surface area contributed by atoms with Gasteiger partial charge in [-0.25, -0.2) is 0 Å². The number of amides is 1. The fourth-order valence-corrected chi connectivity index (χ4v) is 7.23. The molecule has 0 fully saturated rings. The summed E-state index contributed by atoms with van der Waals surface area (Å²) in [5, 5.41) is 70.5. The lowest BCUT2D eigenvalue weighted by atomic mass is 9.78. The number of phenols is 3. The number of nitro groups is 1. The zero-order valence-corrected chi connectivity index (χ0v) is 32.3. The van der Waals surface area contributed by atoms with Gasteiger partial charge in [0.15, 0.2) is 5.75 Å². The minimum atomic E-state index is -2.11. The third-order valence-corrected chi connectivity index (χ3v) is 10.6. The van der Waals surface area contributed by atoms with Crippen molar-refractivity contribution < 1.29 is 63.8 Å². The molecule has 0 unspecified atom stereocenters. The van der Waals surface area contributed by atoms with Gasteiger partial charge in [0.05, 0.1) is 41.2 Å². The van der Waals surface area contributed by atoms with Gasteiger partial charge in [0.1, 0.15) is 23.4 Å². The van der Waals surface area contributed by atoms with Gasteiger partial charge in [0.25, 0.3) is 11.7 Å². The van der Waals surface area contributed by atoms with Gasteiger partial charge < -0.3 is 49.8 Å². The number of benzene rings is 2. The van der Waals surface area contributed by atoms with Gasteiger partial charge in [-0.15, -0.1) is 0 Å². The van der Waals surface area contributed by atoms with Crippen LogP contribution >= 0.6 is 0 Å². The molecular formula is C39H50N2O14. The largest absolute Gasteiger partial charge is 0.507 e. The molecule has 9 atom stereocenters. The zero-order valence-electron chi connectivity index (χ0n) is 32.3. The molecule has 0 spiro atoms. The van der Waals surface area contributed by atoms with Gasteiger partial charge in [-0.2, -0.15) is 0 Å². The first-order chi connectivity index (χ1) is 25.7. The predicted molar refractivity (Wildman–Crippen MR) is 199 cm³/mol. The molecule has 3 aliphatic heterocycles. The van der Waals surface area contributed by atoms with Crippen LogP contribution in [0.25, 0.3) is 10.8 Å². The fraction of sp³-hybridized carbons (Fsp3) is 0.513. The van der Waals surface area contributed by atoms with Crippen LogP contribution in [0.15, 0.2) is 36.1 Å². The molecule has 3 heterocycles. The second kappa shape index (κ2) is 16.7. The molecular weight excluding hydrogens is 720 g/mol. The summed E-state index contributed by atoms with van der Waals surface area (Å²) in [5.74, 6) is -9.22. The summed E-state index contributed by atoms with van der Waals surface area (Å²) in [6.07, 6.45) is 2.62. The summed E-state index contributed by atoms with van der Waals surface area (Å²) in [6.45, 7) is 11.4. The third kappa shape index (κ3) is 8.26. The number of Topliss-reactive ketones (excluding diaryl/α,β-unsaturated/α-hetero) is 1. The van der Waals surface area contributed by atoms with Crippen molar-refractivity contribution in [2.75, 3.05) is 19.0 Å². The minimum absolute atomic E-state index is 0.0189. The fourth-order valence-electron chi connectivity index (χ4n) is 7.23. The van der Waals surface area contributed by atoms with E-state index in [1.165, 1.54) is 53.0 Å². The molecule has 0 aromatic heterocycles. The Morgan fingerprint density at radius 1 is 0.982 bits per heavy atom. The van der Waals surface area contributed by atoms with E-state index in [4.69, 9.17) is 18.9 Å². The molecule has 6 N–H and O–H groups in total. The van der Waals surface area contributed by atoms with Crippen molar-refractivity contribution in [3.05, 3.63) is 62.9 Å². The van der Waals surface area contributed by atoms with Crippen LogP contribution in [-0.2, 0) is 30.2 Å². The van der Waals surface area contributed by atoms with Crippen LogP contribution in [0.5, 0.6) is 23.0 Å². The van der Waals surface area contributed by atoms with Gasteiger partial charge in [0.2, 0.25) is 6.54 Å². The van der Waals surface area contributed by atoms with Crippen molar-refractivity contribution in [2.45, 2.75) is 92.0 Å². The summed E-state index contributed by atoms with van der Waals surface area (Å²) in [6, 6.07) is 0. The highest BCUT2D eigenvalue weighted by Crippen LogP contribution is 2.55. The van der Waals surface area contributed by atoms with Crippen LogP contribution in [0.4, 0.5) is 5.69 Å². The van der Waals surface area contributed by atoms with Crippen LogP contribution in [0.1, 0.15) is 70.0 Å². The van der Waals surface area contributed by atoms with E-state index < -0.39 is 118 Å². The summed E-state index contributed by atoms with van der Waals surface area (Å²) in [4.78, 5) is 50.7. The predicted octanol–water partition coefficient (Wildman–Crippen LogP) is 4.57. The Morgan fingerprint density at radius 3 is 2.24 bits per heavy atom. The first-order valence-corrected chi connectivity index (χ1v) is 17.9. The maximum Gasteiger partial charge on any atom is 0.312 e. The smallest absolute Gasteiger partial charge is 0.312 e. The van der Waals surface area contributed by atoms with Crippen LogP contribution in [0.3, 0.4) is 0 Å². The molecule has 3 aliphatic rings. The molecule has 300 valence electrons.